The minimum atomic E-state index is -1.79. The second-order valence-corrected chi connectivity index (χ2v) is 13.8. The van der Waals surface area contributed by atoms with Gasteiger partial charge in [0.25, 0.3) is 0 Å². The van der Waals surface area contributed by atoms with Crippen molar-refractivity contribution in [3.8, 4) is 0 Å². The van der Waals surface area contributed by atoms with Gasteiger partial charge in [0, 0.05) is 0 Å². The first kappa shape index (κ1) is 64.9. The maximum Gasteiger partial charge on any atom is 0.189 e. The largest absolute Gasteiger partial charge is 0.394 e. The molecule has 32 nitrogen and oxygen atoms in total. The normalized spacial score (nSPS) is 35.3. The van der Waals surface area contributed by atoms with Gasteiger partial charge in [0.1, 0.15) is 129 Å². The molecule has 0 radical (unpaired) electrons. The van der Waals surface area contributed by atoms with Gasteiger partial charge >= 0.3 is 0 Å². The first-order valence-corrected chi connectivity index (χ1v) is 18.8. The number of hydrogen-bond donors (Lipinski definition) is 25. The van der Waals surface area contributed by atoms with Crippen LogP contribution in [-0.4, -0.2) is 333 Å². The zero-order valence-electron chi connectivity index (χ0n) is 33.9. The van der Waals surface area contributed by atoms with Crippen molar-refractivity contribution in [1.29, 1.82) is 0 Å². The van der Waals surface area contributed by atoms with Crippen LogP contribution in [0.4, 0.5) is 0 Å². The molecule has 3 unspecified atom stereocenters. The minimum absolute atomic E-state index is 0.0258. The molecule has 0 aliphatic carbocycles. The van der Waals surface area contributed by atoms with Crippen LogP contribution in [-0.2, 0) is 33.3 Å². The van der Waals surface area contributed by atoms with Gasteiger partial charge in [-0.2, -0.15) is 0 Å². The van der Waals surface area contributed by atoms with E-state index in [1.165, 1.54) is 0 Å². The predicted molar refractivity (Wildman–Crippen MR) is 198 cm³/mol. The molecule has 3 saturated heterocycles. The number of carbonyl (C=O) groups excluding carboxylic acids is 3. The zero-order valence-corrected chi connectivity index (χ0v) is 33.9. The smallest absolute Gasteiger partial charge is 0.189 e. The highest BCUT2D eigenvalue weighted by Gasteiger charge is 2.50. The molecule has 23 atom stereocenters. The summed E-state index contributed by atoms with van der Waals surface area (Å²) >= 11 is 0. The Hall–Kier alpha value is -2.15. The molecule has 3 heterocycles. The first-order chi connectivity index (χ1) is 30.2. The molecule has 3 rings (SSSR count). The highest BCUT2D eigenvalue weighted by molar-refractivity contribution is 5.84. The molecule has 0 aromatic heterocycles. The van der Waals surface area contributed by atoms with Crippen molar-refractivity contribution >= 4 is 18.4 Å². The van der Waals surface area contributed by atoms with Crippen molar-refractivity contribution in [3.05, 3.63) is 0 Å². The molecule has 0 aromatic rings. The first-order valence-electron chi connectivity index (χ1n) is 18.8. The number of aliphatic hydroxyl groups excluding tert-OH is 25. The summed E-state index contributed by atoms with van der Waals surface area (Å²) in [5.41, 5.74) is 0. The Morgan fingerprint density at radius 2 is 0.985 bits per heavy atom. The summed E-state index contributed by atoms with van der Waals surface area (Å²) in [4.78, 5) is 30.0. The summed E-state index contributed by atoms with van der Waals surface area (Å²) in [6.45, 7) is -4.48. The molecule has 0 spiro atoms. The molecule has 25 N–H and O–H groups in total. The summed E-state index contributed by atoms with van der Waals surface area (Å²) in [6, 6.07) is 0. The Bertz CT molecular complexity index is 1240. The zero-order chi connectivity index (χ0) is 51.0. The molecule has 0 bridgehead atoms. The monoisotopic (exact) mass is 972 g/mol. The summed E-state index contributed by atoms with van der Waals surface area (Å²) in [5.74, 6) is -0.901. The van der Waals surface area contributed by atoms with Gasteiger partial charge in [0.05, 0.1) is 39.6 Å². The number of ketones is 1. The van der Waals surface area contributed by atoms with Crippen LogP contribution < -0.4 is 0 Å². The van der Waals surface area contributed by atoms with Crippen molar-refractivity contribution in [1.82, 2.24) is 0 Å². The lowest BCUT2D eigenvalue weighted by atomic mass is 9.97. The second-order valence-electron chi connectivity index (χ2n) is 13.8. The number of ether oxygens (including phenoxy) is 4. The van der Waals surface area contributed by atoms with Gasteiger partial charge in [0.15, 0.2) is 37.2 Å². The van der Waals surface area contributed by atoms with Crippen LogP contribution in [0.5, 0.6) is 0 Å². The third kappa shape index (κ3) is 20.9. The number of carbonyl (C=O) groups is 3. The number of aliphatic hydroxyl groups is 25. The van der Waals surface area contributed by atoms with E-state index in [0.29, 0.717) is 0 Å². The fourth-order valence-corrected chi connectivity index (χ4v) is 4.80. The molecule has 3 aliphatic heterocycles. The van der Waals surface area contributed by atoms with E-state index in [1.807, 2.05) is 0 Å². The molecular formula is C33H64O32. The maximum absolute atomic E-state index is 10.3. The van der Waals surface area contributed by atoms with Crippen molar-refractivity contribution in [2.75, 3.05) is 46.2 Å². The van der Waals surface area contributed by atoms with Crippen LogP contribution in [0, 0.1) is 0 Å². The Kier molecular flexibility index (Phi) is 33.3. The summed E-state index contributed by atoms with van der Waals surface area (Å²) in [5, 5.41) is 223. The van der Waals surface area contributed by atoms with E-state index in [2.05, 4.69) is 4.74 Å². The Balaban J connectivity index is 0. The van der Waals surface area contributed by atoms with Gasteiger partial charge in [0.2, 0.25) is 0 Å². The Morgan fingerprint density at radius 3 is 1.42 bits per heavy atom. The Morgan fingerprint density at radius 1 is 0.523 bits per heavy atom. The number of aldehydes is 2. The second kappa shape index (κ2) is 33.4. The number of Topliss-reactive ketones (excluding diaryl/α,β-unsaturated/α-hetero) is 1. The predicted octanol–water partition coefficient (Wildman–Crippen LogP) is -16.8. The van der Waals surface area contributed by atoms with Crippen molar-refractivity contribution in [3.63, 3.8) is 0 Å². The maximum atomic E-state index is 10.3. The highest BCUT2D eigenvalue weighted by Crippen LogP contribution is 2.28. The van der Waals surface area contributed by atoms with Gasteiger partial charge in [-0.3, -0.25) is 4.79 Å². The molecule has 65 heavy (non-hydrogen) atoms. The van der Waals surface area contributed by atoms with E-state index in [0.717, 1.165) is 0 Å². The molecule has 32 heteroatoms. The standard InChI is InChI=1S/C12H22O11.C6H12O6.3C5H10O5/c13-1-3-5(15)6(16)9(19)12(22-3)23-10-4(2-14)21-11(20)8(18)7(10)17;7-1-3(9)5(11)6(12)4(10)2-8;6-2-1-10-5(9)4(8)3(2)7;2*6-1-3(8)5(10)4(9)2-7/h3-20H,1-2H2;1,3-6,8-12H,2H2;2-9H,1H2;3,5-8,10H,1-2H2;1,3-5,7-10H,2H2/t3-,4-,5-,6+,7-,8-,9-,10-,11-,12-;3-,4+,5+,6+;2-,3+,4-,5?;;3-,4-,5+/m101.1/s1. The number of hydrogen-bond acceptors (Lipinski definition) is 32. The van der Waals surface area contributed by atoms with E-state index < -0.39 is 186 Å². The molecule has 0 amide bonds. The SMILES string of the molecule is O=C(CO)C(O)C(O)CO.O=C[C@@H](O)[C@H](O)[C@H](O)CO.O=C[C@H](O)[C@@H](O)[C@H](O)[C@H](O)CO.OC1OC[C@@H](O)[C@H](O)[C@H]1O.OC[C@H]1O[C@H](O[C@H]2[C@H](O)[C@@H](O)[C@H](O)O[C@@H]2CO)[C@H](O)[C@@H](O)[C@@H]1O. The average Bonchev–Trinajstić information content (AvgIpc) is 3.32. The minimum Gasteiger partial charge on any atom is -0.394 e. The lowest BCUT2D eigenvalue weighted by Gasteiger charge is -2.45. The molecule has 3 fully saturated rings. The van der Waals surface area contributed by atoms with Crippen LogP contribution >= 0.6 is 0 Å². The summed E-state index contributed by atoms with van der Waals surface area (Å²) < 4.78 is 19.7. The third-order valence-corrected chi connectivity index (χ3v) is 8.98. The molecular weight excluding hydrogens is 908 g/mol. The van der Waals surface area contributed by atoms with Crippen molar-refractivity contribution in [2.24, 2.45) is 0 Å². The van der Waals surface area contributed by atoms with Crippen LogP contribution in [0.25, 0.3) is 0 Å². The van der Waals surface area contributed by atoms with Crippen LogP contribution in [0.3, 0.4) is 0 Å². The molecule has 0 saturated carbocycles. The van der Waals surface area contributed by atoms with Gasteiger partial charge in [-0.25, -0.2) is 0 Å². The number of rotatable bonds is 17. The van der Waals surface area contributed by atoms with Crippen molar-refractivity contribution in [2.45, 2.75) is 141 Å². The lowest BCUT2D eigenvalue weighted by molar-refractivity contribution is -0.355. The van der Waals surface area contributed by atoms with Crippen molar-refractivity contribution < 1.29 is 161 Å². The van der Waals surface area contributed by atoms with E-state index >= 15 is 0 Å². The summed E-state index contributed by atoms with van der Waals surface area (Å²) in [7, 11) is 0. The van der Waals surface area contributed by atoms with E-state index in [1.54, 1.807) is 0 Å². The van der Waals surface area contributed by atoms with Gasteiger partial charge in [-0.15, -0.1) is 0 Å². The fraction of sp³-hybridized carbons (Fsp3) is 0.909. The lowest BCUT2D eigenvalue weighted by Crippen LogP contribution is -2.64. The summed E-state index contributed by atoms with van der Waals surface area (Å²) in [6.07, 6.45) is -35.5. The average molecular weight is 973 g/mol. The van der Waals surface area contributed by atoms with Crippen LogP contribution in [0.15, 0.2) is 0 Å². The molecule has 388 valence electrons. The molecule has 0 aromatic carbocycles. The topological polar surface area (TPSA) is 594 Å². The van der Waals surface area contributed by atoms with Gasteiger partial charge in [-0.05, 0) is 0 Å². The van der Waals surface area contributed by atoms with E-state index in [9.17, 15) is 50.1 Å². The van der Waals surface area contributed by atoms with E-state index in [-0.39, 0.29) is 19.2 Å². The van der Waals surface area contributed by atoms with Crippen LogP contribution in [0.1, 0.15) is 0 Å². The Labute approximate surface area is 366 Å². The van der Waals surface area contributed by atoms with Crippen LogP contribution in [0.2, 0.25) is 0 Å². The third-order valence-electron chi connectivity index (χ3n) is 8.98. The van der Waals surface area contributed by atoms with Gasteiger partial charge < -0.3 is 156 Å². The van der Waals surface area contributed by atoms with Gasteiger partial charge in [-0.1, -0.05) is 0 Å². The highest BCUT2D eigenvalue weighted by atomic mass is 16.7. The molecule has 3 aliphatic rings. The van der Waals surface area contributed by atoms with E-state index in [4.69, 9.17) is 106 Å². The quantitative estimate of drug-likeness (QED) is 0.0602. The fourth-order valence-electron chi connectivity index (χ4n) is 4.80.